The van der Waals surface area contributed by atoms with Gasteiger partial charge in [0, 0.05) is 6.54 Å². The van der Waals surface area contributed by atoms with Crippen molar-refractivity contribution in [1.29, 1.82) is 0 Å². The summed E-state index contributed by atoms with van der Waals surface area (Å²) in [6, 6.07) is 0.976. The number of hydrogen-bond acceptors (Lipinski definition) is 3. The van der Waals surface area contributed by atoms with Gasteiger partial charge in [0.1, 0.15) is 17.2 Å². The van der Waals surface area contributed by atoms with E-state index in [9.17, 15) is 9.18 Å². The summed E-state index contributed by atoms with van der Waals surface area (Å²) in [5, 5.41) is 11.8. The summed E-state index contributed by atoms with van der Waals surface area (Å²) in [4.78, 5) is 14.6. The number of carboxylic acids is 1. The Morgan fingerprint density at radius 2 is 2.24 bits per heavy atom. The number of aromatic carboxylic acids is 1. The molecule has 5 heteroatoms. The van der Waals surface area contributed by atoms with Crippen LogP contribution >= 0.6 is 0 Å². The molecule has 0 aromatic carbocycles. The molecule has 0 aliphatic heterocycles. The summed E-state index contributed by atoms with van der Waals surface area (Å²) in [7, 11) is 0. The van der Waals surface area contributed by atoms with E-state index in [1.165, 1.54) is 0 Å². The Morgan fingerprint density at radius 1 is 1.47 bits per heavy atom. The van der Waals surface area contributed by atoms with E-state index in [0.29, 0.717) is 6.54 Å². The fourth-order valence-electron chi connectivity index (χ4n) is 1.50. The van der Waals surface area contributed by atoms with Crippen LogP contribution in [0.1, 0.15) is 43.0 Å². The molecule has 94 valence electrons. The first-order valence-corrected chi connectivity index (χ1v) is 5.78. The molecule has 0 spiro atoms. The standard InChI is InChI=1S/C12H17FN2O2/c1-2-3-4-5-6-14-11-10(12(16)17)7-9(13)8-15-11/h7-8H,2-6H2,1H3,(H,14,15)(H,16,17). The molecular weight excluding hydrogens is 223 g/mol. The van der Waals surface area contributed by atoms with Crippen molar-refractivity contribution in [3.05, 3.63) is 23.6 Å². The Kier molecular flexibility index (Phi) is 5.39. The molecule has 0 unspecified atom stereocenters. The Bertz CT molecular complexity index is 383. The first-order valence-electron chi connectivity index (χ1n) is 5.78. The van der Waals surface area contributed by atoms with E-state index in [2.05, 4.69) is 17.2 Å². The Morgan fingerprint density at radius 3 is 2.88 bits per heavy atom. The summed E-state index contributed by atoms with van der Waals surface area (Å²) in [6.07, 6.45) is 5.36. The van der Waals surface area contributed by atoms with E-state index in [-0.39, 0.29) is 11.4 Å². The van der Waals surface area contributed by atoms with E-state index < -0.39 is 11.8 Å². The third-order valence-corrected chi connectivity index (χ3v) is 2.41. The Labute approximate surface area is 99.9 Å². The van der Waals surface area contributed by atoms with Crippen LogP contribution in [0.15, 0.2) is 12.3 Å². The summed E-state index contributed by atoms with van der Waals surface area (Å²) >= 11 is 0. The van der Waals surface area contributed by atoms with Gasteiger partial charge in [0.25, 0.3) is 0 Å². The van der Waals surface area contributed by atoms with Gasteiger partial charge in [0.2, 0.25) is 0 Å². The van der Waals surface area contributed by atoms with E-state index in [0.717, 1.165) is 37.9 Å². The van der Waals surface area contributed by atoms with Crippen molar-refractivity contribution in [3.63, 3.8) is 0 Å². The minimum Gasteiger partial charge on any atom is -0.478 e. The third-order valence-electron chi connectivity index (χ3n) is 2.41. The van der Waals surface area contributed by atoms with Crippen LogP contribution < -0.4 is 5.32 Å². The van der Waals surface area contributed by atoms with Crippen molar-refractivity contribution in [2.45, 2.75) is 32.6 Å². The predicted molar refractivity (Wildman–Crippen MR) is 63.8 cm³/mol. The summed E-state index contributed by atoms with van der Waals surface area (Å²) in [6.45, 7) is 2.77. The Balaban J connectivity index is 2.55. The van der Waals surface area contributed by atoms with Crippen LogP contribution in [0.2, 0.25) is 0 Å². The normalized spacial score (nSPS) is 10.2. The molecule has 0 aliphatic carbocycles. The van der Waals surface area contributed by atoms with Gasteiger partial charge in [-0.15, -0.1) is 0 Å². The van der Waals surface area contributed by atoms with Crippen molar-refractivity contribution in [1.82, 2.24) is 4.98 Å². The number of nitrogens with one attached hydrogen (secondary N) is 1. The average molecular weight is 240 g/mol. The minimum absolute atomic E-state index is 0.125. The lowest BCUT2D eigenvalue weighted by atomic mass is 10.2. The van der Waals surface area contributed by atoms with E-state index >= 15 is 0 Å². The van der Waals surface area contributed by atoms with Crippen LogP contribution in [0.25, 0.3) is 0 Å². The number of hydrogen-bond donors (Lipinski definition) is 2. The van der Waals surface area contributed by atoms with Crippen LogP contribution in [0.4, 0.5) is 10.2 Å². The van der Waals surface area contributed by atoms with E-state index in [1.807, 2.05) is 0 Å². The highest BCUT2D eigenvalue weighted by atomic mass is 19.1. The van der Waals surface area contributed by atoms with Gasteiger partial charge >= 0.3 is 5.97 Å². The molecule has 1 heterocycles. The number of pyridine rings is 1. The maximum Gasteiger partial charge on any atom is 0.339 e. The third kappa shape index (κ3) is 4.38. The van der Waals surface area contributed by atoms with Gasteiger partial charge in [-0.1, -0.05) is 26.2 Å². The molecule has 0 saturated carbocycles. The smallest absolute Gasteiger partial charge is 0.339 e. The summed E-state index contributed by atoms with van der Waals surface area (Å²) in [5.41, 5.74) is -0.125. The lowest BCUT2D eigenvalue weighted by molar-refractivity contribution is 0.0697. The molecule has 1 rings (SSSR count). The maximum atomic E-state index is 12.8. The zero-order valence-corrected chi connectivity index (χ0v) is 9.87. The van der Waals surface area contributed by atoms with Crippen LogP contribution in [0.5, 0.6) is 0 Å². The number of carbonyl (C=O) groups is 1. The van der Waals surface area contributed by atoms with Gasteiger partial charge in [-0.25, -0.2) is 14.2 Å². The predicted octanol–water partition coefficient (Wildman–Crippen LogP) is 2.91. The second-order valence-electron chi connectivity index (χ2n) is 3.84. The van der Waals surface area contributed by atoms with Crippen LogP contribution in [-0.2, 0) is 0 Å². The fraction of sp³-hybridized carbons (Fsp3) is 0.500. The highest BCUT2D eigenvalue weighted by Gasteiger charge is 2.12. The monoisotopic (exact) mass is 240 g/mol. The van der Waals surface area contributed by atoms with Gasteiger partial charge < -0.3 is 10.4 Å². The minimum atomic E-state index is -1.17. The second kappa shape index (κ2) is 6.83. The molecule has 0 amide bonds. The molecule has 0 aliphatic rings. The zero-order chi connectivity index (χ0) is 12.7. The van der Waals surface area contributed by atoms with Gasteiger partial charge in [0.05, 0.1) is 6.20 Å². The number of halogens is 1. The number of nitrogens with zero attached hydrogens (tertiary/aromatic N) is 1. The maximum absolute atomic E-state index is 12.8. The number of aromatic nitrogens is 1. The van der Waals surface area contributed by atoms with Crippen molar-refractivity contribution >= 4 is 11.8 Å². The van der Waals surface area contributed by atoms with Crippen molar-refractivity contribution < 1.29 is 14.3 Å². The molecule has 17 heavy (non-hydrogen) atoms. The van der Waals surface area contributed by atoms with Crippen LogP contribution in [0, 0.1) is 5.82 Å². The molecule has 2 N–H and O–H groups in total. The van der Waals surface area contributed by atoms with E-state index in [4.69, 9.17) is 5.11 Å². The van der Waals surface area contributed by atoms with Crippen molar-refractivity contribution in [3.8, 4) is 0 Å². The van der Waals surface area contributed by atoms with Crippen molar-refractivity contribution in [2.75, 3.05) is 11.9 Å². The quantitative estimate of drug-likeness (QED) is 0.719. The molecule has 0 saturated heterocycles. The molecule has 4 nitrogen and oxygen atoms in total. The molecule has 1 aromatic rings. The molecule has 0 radical (unpaired) electrons. The van der Waals surface area contributed by atoms with E-state index in [1.54, 1.807) is 0 Å². The molecule has 0 atom stereocenters. The second-order valence-corrected chi connectivity index (χ2v) is 3.84. The first kappa shape index (κ1) is 13.4. The number of rotatable bonds is 7. The molecule has 0 fully saturated rings. The highest BCUT2D eigenvalue weighted by Crippen LogP contribution is 2.13. The number of anilines is 1. The summed E-state index contributed by atoms with van der Waals surface area (Å²) in [5.74, 6) is -1.58. The van der Waals surface area contributed by atoms with Crippen LogP contribution in [0.3, 0.4) is 0 Å². The average Bonchev–Trinajstić information content (AvgIpc) is 2.30. The zero-order valence-electron chi connectivity index (χ0n) is 9.87. The fourth-order valence-corrected chi connectivity index (χ4v) is 1.50. The van der Waals surface area contributed by atoms with Crippen LogP contribution in [-0.4, -0.2) is 22.6 Å². The molecule has 0 bridgehead atoms. The first-order chi connectivity index (χ1) is 8.15. The number of unbranched alkanes of at least 4 members (excludes halogenated alkanes) is 3. The van der Waals surface area contributed by atoms with Gasteiger partial charge in [0.15, 0.2) is 0 Å². The molecular formula is C12H17FN2O2. The lowest BCUT2D eigenvalue weighted by Crippen LogP contribution is -2.10. The largest absolute Gasteiger partial charge is 0.478 e. The SMILES string of the molecule is CCCCCCNc1ncc(F)cc1C(=O)O. The Hall–Kier alpha value is -1.65. The number of carboxylic acid groups (broad SMARTS) is 1. The van der Waals surface area contributed by atoms with Gasteiger partial charge in [-0.2, -0.15) is 0 Å². The molecule has 1 aromatic heterocycles. The van der Waals surface area contributed by atoms with Crippen molar-refractivity contribution in [2.24, 2.45) is 0 Å². The highest BCUT2D eigenvalue weighted by molar-refractivity contribution is 5.93. The topological polar surface area (TPSA) is 62.2 Å². The van der Waals surface area contributed by atoms with Gasteiger partial charge in [-0.3, -0.25) is 0 Å². The lowest BCUT2D eigenvalue weighted by Gasteiger charge is -2.08. The summed E-state index contributed by atoms with van der Waals surface area (Å²) < 4.78 is 12.8. The van der Waals surface area contributed by atoms with Gasteiger partial charge in [-0.05, 0) is 12.5 Å².